The summed E-state index contributed by atoms with van der Waals surface area (Å²) in [5.41, 5.74) is 0.773. The van der Waals surface area contributed by atoms with E-state index in [4.69, 9.17) is 14.6 Å². The van der Waals surface area contributed by atoms with Crippen LogP contribution in [0.4, 0.5) is 0 Å². The standard InChI is InChI=1S/C17H25NO5/c1-22-15-6-5-12(10-16(15)23-2)14(19)7-9-18-8-3-4-13(11-18)17(20)21/h5-6,10,13-14,19H,3-4,7-9,11H2,1-2H3,(H,20,21). The highest BCUT2D eigenvalue weighted by atomic mass is 16.5. The van der Waals surface area contributed by atoms with Gasteiger partial charge in [-0.05, 0) is 43.5 Å². The van der Waals surface area contributed by atoms with Gasteiger partial charge in [0.05, 0.1) is 26.2 Å². The number of ether oxygens (including phenoxy) is 2. The maximum Gasteiger partial charge on any atom is 0.307 e. The number of methoxy groups -OCH3 is 2. The molecule has 0 amide bonds. The SMILES string of the molecule is COc1ccc(C(O)CCN2CCCC(C(=O)O)C2)cc1OC. The molecule has 1 aliphatic heterocycles. The first-order chi connectivity index (χ1) is 11.0. The lowest BCUT2D eigenvalue weighted by atomic mass is 9.97. The van der Waals surface area contributed by atoms with Crippen LogP contribution >= 0.6 is 0 Å². The van der Waals surface area contributed by atoms with Crippen LogP contribution in [0, 0.1) is 5.92 Å². The molecule has 0 saturated carbocycles. The number of nitrogens with zero attached hydrogens (tertiary/aromatic N) is 1. The van der Waals surface area contributed by atoms with Crippen molar-refractivity contribution in [1.29, 1.82) is 0 Å². The highest BCUT2D eigenvalue weighted by Crippen LogP contribution is 2.31. The van der Waals surface area contributed by atoms with Crippen LogP contribution in [0.5, 0.6) is 11.5 Å². The van der Waals surface area contributed by atoms with Crippen LogP contribution in [0.3, 0.4) is 0 Å². The largest absolute Gasteiger partial charge is 0.493 e. The minimum Gasteiger partial charge on any atom is -0.493 e. The fourth-order valence-corrected chi connectivity index (χ4v) is 2.99. The quantitative estimate of drug-likeness (QED) is 0.798. The Morgan fingerprint density at radius 3 is 2.74 bits per heavy atom. The van der Waals surface area contributed by atoms with Crippen molar-refractivity contribution in [2.45, 2.75) is 25.4 Å². The van der Waals surface area contributed by atoms with Crippen molar-refractivity contribution in [1.82, 2.24) is 4.90 Å². The molecule has 2 rings (SSSR count). The first kappa shape index (κ1) is 17.6. The van der Waals surface area contributed by atoms with E-state index >= 15 is 0 Å². The second-order valence-electron chi connectivity index (χ2n) is 5.90. The van der Waals surface area contributed by atoms with Crippen LogP contribution < -0.4 is 9.47 Å². The molecular weight excluding hydrogens is 298 g/mol. The maximum absolute atomic E-state index is 11.1. The van der Waals surface area contributed by atoms with Crippen LogP contribution in [0.2, 0.25) is 0 Å². The molecule has 2 unspecified atom stereocenters. The van der Waals surface area contributed by atoms with E-state index in [2.05, 4.69) is 4.90 Å². The summed E-state index contributed by atoms with van der Waals surface area (Å²) in [7, 11) is 3.14. The number of rotatable bonds is 7. The number of carboxylic acid groups (broad SMARTS) is 1. The number of likely N-dealkylation sites (tertiary alicyclic amines) is 1. The van der Waals surface area contributed by atoms with Crippen molar-refractivity contribution >= 4 is 5.97 Å². The van der Waals surface area contributed by atoms with Crippen LogP contribution in [-0.4, -0.2) is 54.9 Å². The van der Waals surface area contributed by atoms with Crippen LogP contribution in [0.25, 0.3) is 0 Å². The third-order valence-electron chi connectivity index (χ3n) is 4.37. The second kappa shape index (κ2) is 8.17. The Labute approximate surface area is 136 Å². The van der Waals surface area contributed by atoms with Gasteiger partial charge < -0.3 is 24.6 Å². The molecule has 1 fully saturated rings. The molecule has 1 aliphatic rings. The summed E-state index contributed by atoms with van der Waals surface area (Å²) >= 11 is 0. The molecule has 6 nitrogen and oxygen atoms in total. The molecule has 1 heterocycles. The number of carboxylic acids is 1. The number of hydrogen-bond acceptors (Lipinski definition) is 5. The first-order valence-electron chi connectivity index (χ1n) is 7.90. The Hall–Kier alpha value is -1.79. The molecule has 128 valence electrons. The van der Waals surface area contributed by atoms with Crippen molar-refractivity contribution in [2.75, 3.05) is 33.9 Å². The molecule has 0 spiro atoms. The van der Waals surface area contributed by atoms with Gasteiger partial charge in [0.2, 0.25) is 0 Å². The van der Waals surface area contributed by atoms with E-state index in [1.807, 2.05) is 6.07 Å². The highest BCUT2D eigenvalue weighted by molar-refractivity contribution is 5.70. The predicted molar refractivity (Wildman–Crippen MR) is 85.9 cm³/mol. The normalized spacial score (nSPS) is 20.0. The molecule has 1 aromatic carbocycles. The van der Waals surface area contributed by atoms with E-state index in [1.54, 1.807) is 26.4 Å². The lowest BCUT2D eigenvalue weighted by Gasteiger charge is -2.31. The molecule has 1 aromatic rings. The van der Waals surface area contributed by atoms with Crippen molar-refractivity contribution in [3.05, 3.63) is 23.8 Å². The van der Waals surface area contributed by atoms with Gasteiger partial charge >= 0.3 is 5.97 Å². The summed E-state index contributed by atoms with van der Waals surface area (Å²) in [6.45, 7) is 2.13. The fourth-order valence-electron chi connectivity index (χ4n) is 2.99. The maximum atomic E-state index is 11.1. The van der Waals surface area contributed by atoms with E-state index in [-0.39, 0.29) is 5.92 Å². The van der Waals surface area contributed by atoms with Crippen LogP contribution in [0.1, 0.15) is 30.9 Å². The minimum atomic E-state index is -0.727. The molecule has 0 radical (unpaired) electrons. The van der Waals surface area contributed by atoms with E-state index in [9.17, 15) is 9.90 Å². The number of aliphatic carboxylic acids is 1. The Kier molecular flexibility index (Phi) is 6.24. The van der Waals surface area contributed by atoms with Gasteiger partial charge in [-0.3, -0.25) is 4.79 Å². The van der Waals surface area contributed by atoms with E-state index in [1.165, 1.54) is 0 Å². The smallest absolute Gasteiger partial charge is 0.307 e. The number of benzene rings is 1. The number of hydrogen-bond donors (Lipinski definition) is 2. The van der Waals surface area contributed by atoms with Gasteiger partial charge in [0.25, 0.3) is 0 Å². The summed E-state index contributed by atoms with van der Waals surface area (Å²) in [6, 6.07) is 5.38. The molecule has 6 heteroatoms. The lowest BCUT2D eigenvalue weighted by molar-refractivity contribution is -0.143. The van der Waals surface area contributed by atoms with E-state index < -0.39 is 12.1 Å². The zero-order valence-electron chi connectivity index (χ0n) is 13.7. The van der Waals surface area contributed by atoms with Gasteiger partial charge in [0.1, 0.15) is 0 Å². The Morgan fingerprint density at radius 2 is 2.09 bits per heavy atom. The van der Waals surface area contributed by atoms with Gasteiger partial charge in [-0.15, -0.1) is 0 Å². The minimum absolute atomic E-state index is 0.290. The zero-order chi connectivity index (χ0) is 16.8. The number of carbonyl (C=O) groups is 1. The van der Waals surface area contributed by atoms with Crippen molar-refractivity contribution in [3.63, 3.8) is 0 Å². The average Bonchev–Trinajstić information content (AvgIpc) is 2.59. The molecule has 1 saturated heterocycles. The number of aliphatic hydroxyl groups excluding tert-OH is 1. The third-order valence-corrected chi connectivity index (χ3v) is 4.37. The zero-order valence-corrected chi connectivity index (χ0v) is 13.7. The highest BCUT2D eigenvalue weighted by Gasteiger charge is 2.25. The molecule has 0 bridgehead atoms. The second-order valence-corrected chi connectivity index (χ2v) is 5.90. The van der Waals surface area contributed by atoms with Gasteiger partial charge in [0.15, 0.2) is 11.5 Å². The van der Waals surface area contributed by atoms with E-state index in [0.717, 1.165) is 24.9 Å². The van der Waals surface area contributed by atoms with Gasteiger partial charge in [-0.2, -0.15) is 0 Å². The Bertz CT molecular complexity index is 534. The lowest BCUT2D eigenvalue weighted by Crippen LogP contribution is -2.39. The molecule has 2 atom stereocenters. The monoisotopic (exact) mass is 323 g/mol. The molecule has 0 aromatic heterocycles. The van der Waals surface area contributed by atoms with Gasteiger partial charge in [0, 0.05) is 13.1 Å². The van der Waals surface area contributed by atoms with Crippen LogP contribution in [0.15, 0.2) is 18.2 Å². The van der Waals surface area contributed by atoms with Gasteiger partial charge in [-0.1, -0.05) is 6.07 Å². The fraction of sp³-hybridized carbons (Fsp3) is 0.588. The molecule has 0 aliphatic carbocycles. The first-order valence-corrected chi connectivity index (χ1v) is 7.90. The summed E-state index contributed by atoms with van der Waals surface area (Å²) in [5.74, 6) is 0.203. The predicted octanol–water partition coefficient (Wildman–Crippen LogP) is 1.92. The number of piperidine rings is 1. The average molecular weight is 323 g/mol. The summed E-state index contributed by atoms with van der Waals surface area (Å²) < 4.78 is 10.4. The van der Waals surface area contributed by atoms with Crippen molar-refractivity contribution < 1.29 is 24.5 Å². The van der Waals surface area contributed by atoms with Gasteiger partial charge in [-0.25, -0.2) is 0 Å². The number of aliphatic hydroxyl groups is 1. The Balaban J connectivity index is 1.91. The van der Waals surface area contributed by atoms with Crippen molar-refractivity contribution in [3.8, 4) is 11.5 Å². The Morgan fingerprint density at radius 1 is 1.35 bits per heavy atom. The summed E-state index contributed by atoms with van der Waals surface area (Å²) in [5, 5.41) is 19.5. The van der Waals surface area contributed by atoms with E-state index in [0.29, 0.717) is 31.0 Å². The molecule has 2 N–H and O–H groups in total. The summed E-state index contributed by atoms with van der Waals surface area (Å²) in [4.78, 5) is 13.2. The summed E-state index contributed by atoms with van der Waals surface area (Å²) in [6.07, 6.45) is 1.58. The topological polar surface area (TPSA) is 79.2 Å². The van der Waals surface area contributed by atoms with Crippen LogP contribution in [-0.2, 0) is 4.79 Å². The molecular formula is C17H25NO5. The molecule has 23 heavy (non-hydrogen) atoms. The van der Waals surface area contributed by atoms with Crippen molar-refractivity contribution in [2.24, 2.45) is 5.92 Å². The third kappa shape index (κ3) is 4.59.